The first kappa shape index (κ1) is 18.1. The Morgan fingerprint density at radius 3 is 2.12 bits per heavy atom. The lowest BCUT2D eigenvalue weighted by atomic mass is 9.98. The molecule has 1 atom stereocenters. The summed E-state index contributed by atoms with van der Waals surface area (Å²) in [5, 5.41) is 2.23. The molecular weight excluding hydrogens is 328 g/mol. The topological polar surface area (TPSA) is 81.4 Å². The van der Waals surface area contributed by atoms with Crippen molar-refractivity contribution in [2.45, 2.75) is 32.2 Å². The molecule has 1 aliphatic carbocycles. The van der Waals surface area contributed by atoms with E-state index in [2.05, 4.69) is 17.4 Å². The summed E-state index contributed by atoms with van der Waals surface area (Å²) in [6.07, 6.45) is -0.237. The Kier molecular flexibility index (Phi) is 5.38. The van der Waals surface area contributed by atoms with Gasteiger partial charge in [0.15, 0.2) is 0 Å². The number of rotatable bonds is 5. The third-order valence-electron chi connectivity index (χ3n) is 4.63. The summed E-state index contributed by atoms with van der Waals surface area (Å²) in [5.74, 6) is -0.262. The van der Waals surface area contributed by atoms with Crippen LogP contribution >= 0.6 is 0 Å². The summed E-state index contributed by atoms with van der Waals surface area (Å²) in [6.45, 7) is 4.12. The molecule has 3 rings (SSSR count). The van der Waals surface area contributed by atoms with Gasteiger partial charge in [-0.2, -0.15) is 0 Å². The van der Waals surface area contributed by atoms with E-state index < -0.39 is 18.0 Å². The standard InChI is InChI=1S/C21H24N2O3/c1-13(2)11-19(22)20(24)23-21(25)26-12-18-16-9-5-3-7-14(16)15-8-4-6-10-17(15)18/h3-10,13,18-19H,11-12,22H2,1-2H3,(H,23,24,25)/t19-/m0/s1. The van der Waals surface area contributed by atoms with E-state index in [1.165, 1.54) is 0 Å². The first-order chi connectivity index (χ1) is 12.5. The van der Waals surface area contributed by atoms with Crippen molar-refractivity contribution < 1.29 is 14.3 Å². The number of ether oxygens (including phenoxy) is 1. The molecule has 3 N–H and O–H groups in total. The smallest absolute Gasteiger partial charge is 0.413 e. The van der Waals surface area contributed by atoms with Crippen LogP contribution in [0.1, 0.15) is 37.3 Å². The second kappa shape index (κ2) is 7.70. The van der Waals surface area contributed by atoms with E-state index in [1.807, 2.05) is 50.2 Å². The van der Waals surface area contributed by atoms with Crippen LogP contribution in [0.2, 0.25) is 0 Å². The van der Waals surface area contributed by atoms with Gasteiger partial charge in [-0.15, -0.1) is 0 Å². The van der Waals surface area contributed by atoms with Gasteiger partial charge in [-0.25, -0.2) is 4.79 Å². The van der Waals surface area contributed by atoms with Crippen LogP contribution in [0.4, 0.5) is 4.79 Å². The molecule has 0 bridgehead atoms. The molecule has 2 aromatic rings. The first-order valence-electron chi connectivity index (χ1n) is 8.88. The van der Waals surface area contributed by atoms with Gasteiger partial charge >= 0.3 is 6.09 Å². The lowest BCUT2D eigenvalue weighted by molar-refractivity contribution is -0.122. The van der Waals surface area contributed by atoms with Gasteiger partial charge < -0.3 is 10.5 Å². The maximum Gasteiger partial charge on any atom is 0.413 e. The van der Waals surface area contributed by atoms with Crippen molar-refractivity contribution in [1.29, 1.82) is 0 Å². The molecule has 26 heavy (non-hydrogen) atoms. The third kappa shape index (κ3) is 3.78. The summed E-state index contributed by atoms with van der Waals surface area (Å²) < 4.78 is 5.34. The highest BCUT2D eigenvalue weighted by molar-refractivity contribution is 5.94. The minimum Gasteiger partial charge on any atom is -0.448 e. The van der Waals surface area contributed by atoms with Crippen LogP contribution in [-0.4, -0.2) is 24.6 Å². The van der Waals surface area contributed by atoms with E-state index in [0.29, 0.717) is 6.42 Å². The van der Waals surface area contributed by atoms with Crippen molar-refractivity contribution in [1.82, 2.24) is 5.32 Å². The Bertz CT molecular complexity index is 771. The van der Waals surface area contributed by atoms with Crippen molar-refractivity contribution in [3.8, 4) is 11.1 Å². The van der Waals surface area contributed by atoms with Gasteiger partial charge in [0.2, 0.25) is 5.91 Å². The number of imide groups is 1. The molecule has 1 aliphatic rings. The lowest BCUT2D eigenvalue weighted by Crippen LogP contribution is -2.44. The summed E-state index contributed by atoms with van der Waals surface area (Å²) >= 11 is 0. The molecule has 0 aliphatic heterocycles. The summed E-state index contributed by atoms with van der Waals surface area (Å²) in [5.41, 5.74) is 10.4. The van der Waals surface area contributed by atoms with Crippen LogP contribution in [-0.2, 0) is 9.53 Å². The van der Waals surface area contributed by atoms with Gasteiger partial charge in [0.05, 0.1) is 6.04 Å². The number of hydrogen-bond acceptors (Lipinski definition) is 4. The second-order valence-electron chi connectivity index (χ2n) is 7.05. The second-order valence-corrected chi connectivity index (χ2v) is 7.05. The predicted octanol–water partition coefficient (Wildman–Crippen LogP) is 3.43. The fourth-order valence-electron chi connectivity index (χ4n) is 3.44. The minimum absolute atomic E-state index is 0.0346. The van der Waals surface area contributed by atoms with Gasteiger partial charge in [-0.1, -0.05) is 62.4 Å². The number of carbonyl (C=O) groups is 2. The van der Waals surface area contributed by atoms with Crippen molar-refractivity contribution >= 4 is 12.0 Å². The van der Waals surface area contributed by atoms with Crippen molar-refractivity contribution in [3.63, 3.8) is 0 Å². The molecule has 2 aromatic carbocycles. The normalized spacial score (nSPS) is 13.8. The molecule has 0 heterocycles. The number of hydrogen-bond donors (Lipinski definition) is 2. The van der Waals surface area contributed by atoms with Crippen LogP contribution in [0.5, 0.6) is 0 Å². The molecule has 136 valence electrons. The highest BCUT2D eigenvalue weighted by Gasteiger charge is 2.29. The zero-order chi connectivity index (χ0) is 18.7. The number of benzene rings is 2. The summed E-state index contributed by atoms with van der Waals surface area (Å²) in [4.78, 5) is 24.0. The number of nitrogens with two attached hydrogens (primary N) is 1. The van der Waals surface area contributed by atoms with E-state index >= 15 is 0 Å². The third-order valence-corrected chi connectivity index (χ3v) is 4.63. The monoisotopic (exact) mass is 352 g/mol. The Balaban J connectivity index is 1.65. The van der Waals surface area contributed by atoms with Crippen LogP contribution in [0, 0.1) is 5.92 Å². The Morgan fingerprint density at radius 1 is 1.04 bits per heavy atom. The number of amides is 2. The van der Waals surface area contributed by atoms with Gasteiger partial charge in [0.1, 0.15) is 6.61 Å². The van der Waals surface area contributed by atoms with Crippen LogP contribution in [0.15, 0.2) is 48.5 Å². The first-order valence-corrected chi connectivity index (χ1v) is 8.88. The molecule has 5 nitrogen and oxygen atoms in total. The van der Waals surface area contributed by atoms with Crippen LogP contribution < -0.4 is 11.1 Å². The average molecular weight is 352 g/mol. The maximum atomic E-state index is 12.0. The predicted molar refractivity (Wildman–Crippen MR) is 101 cm³/mol. The fourth-order valence-corrected chi connectivity index (χ4v) is 3.44. The van der Waals surface area contributed by atoms with E-state index in [1.54, 1.807) is 0 Å². The molecule has 0 saturated carbocycles. The SMILES string of the molecule is CC(C)C[C@H](N)C(=O)NC(=O)OCC1c2ccccc2-c2ccccc21. The molecule has 0 unspecified atom stereocenters. The summed E-state index contributed by atoms with van der Waals surface area (Å²) in [6, 6.07) is 15.5. The maximum absolute atomic E-state index is 12.0. The average Bonchev–Trinajstić information content (AvgIpc) is 2.93. The fraction of sp³-hybridized carbons (Fsp3) is 0.333. The molecule has 0 fully saturated rings. The van der Waals surface area contributed by atoms with E-state index in [-0.39, 0.29) is 18.4 Å². The molecule has 5 heteroatoms. The largest absolute Gasteiger partial charge is 0.448 e. The summed E-state index contributed by atoms with van der Waals surface area (Å²) in [7, 11) is 0. The highest BCUT2D eigenvalue weighted by atomic mass is 16.5. The van der Waals surface area contributed by atoms with Gasteiger partial charge in [0.25, 0.3) is 0 Å². The van der Waals surface area contributed by atoms with E-state index in [4.69, 9.17) is 10.5 Å². The van der Waals surface area contributed by atoms with E-state index in [0.717, 1.165) is 22.3 Å². The Labute approximate surface area is 153 Å². The van der Waals surface area contributed by atoms with Gasteiger partial charge in [0, 0.05) is 5.92 Å². The molecule has 0 spiro atoms. The number of fused-ring (bicyclic) bond motifs is 3. The quantitative estimate of drug-likeness (QED) is 0.864. The van der Waals surface area contributed by atoms with Crippen molar-refractivity contribution in [2.75, 3.05) is 6.61 Å². The van der Waals surface area contributed by atoms with Crippen LogP contribution in [0.3, 0.4) is 0 Å². The number of carbonyl (C=O) groups excluding carboxylic acids is 2. The Morgan fingerprint density at radius 2 is 1.58 bits per heavy atom. The van der Waals surface area contributed by atoms with Gasteiger partial charge in [-0.05, 0) is 34.6 Å². The molecule has 0 saturated heterocycles. The van der Waals surface area contributed by atoms with Gasteiger partial charge in [-0.3, -0.25) is 10.1 Å². The zero-order valence-corrected chi connectivity index (χ0v) is 15.1. The molecule has 0 aromatic heterocycles. The van der Waals surface area contributed by atoms with Crippen molar-refractivity contribution in [2.24, 2.45) is 11.7 Å². The molecule has 2 amide bonds. The number of alkyl carbamates (subject to hydrolysis) is 1. The lowest BCUT2D eigenvalue weighted by Gasteiger charge is -2.16. The van der Waals surface area contributed by atoms with Crippen molar-refractivity contribution in [3.05, 3.63) is 59.7 Å². The highest BCUT2D eigenvalue weighted by Crippen LogP contribution is 2.44. The zero-order valence-electron chi connectivity index (χ0n) is 15.1. The Hall–Kier alpha value is -2.66. The van der Waals surface area contributed by atoms with E-state index in [9.17, 15) is 9.59 Å². The molecular formula is C21H24N2O3. The number of nitrogens with one attached hydrogen (secondary N) is 1. The van der Waals surface area contributed by atoms with Crippen LogP contribution in [0.25, 0.3) is 11.1 Å². The molecule has 0 radical (unpaired) electrons. The minimum atomic E-state index is -0.754.